The van der Waals surface area contributed by atoms with Crippen LogP contribution in [-0.4, -0.2) is 9.97 Å². The average Bonchev–Trinajstić information content (AvgIpc) is 2.35. The van der Waals surface area contributed by atoms with E-state index in [2.05, 4.69) is 42.0 Å². The van der Waals surface area contributed by atoms with E-state index in [4.69, 9.17) is 11.0 Å². The summed E-state index contributed by atoms with van der Waals surface area (Å²) in [4.78, 5) is 8.23. The van der Waals surface area contributed by atoms with Gasteiger partial charge in [0.05, 0.1) is 6.20 Å². The lowest BCUT2D eigenvalue weighted by molar-refractivity contribution is 0.968. The van der Waals surface area contributed by atoms with E-state index in [1.807, 2.05) is 6.07 Å². The number of thioether (sulfide) groups is 1. The van der Waals surface area contributed by atoms with Gasteiger partial charge in [0.15, 0.2) is 5.16 Å². The highest BCUT2D eigenvalue weighted by atomic mass is 32.2. The highest BCUT2D eigenvalue weighted by molar-refractivity contribution is 7.98. The Bertz CT molecular complexity index is 626. The van der Waals surface area contributed by atoms with Crippen molar-refractivity contribution in [2.45, 2.75) is 24.8 Å². The maximum absolute atomic E-state index is 8.76. The fourth-order valence-electron chi connectivity index (χ4n) is 1.83. The number of nitriles is 1. The molecule has 1 aromatic carbocycles. The molecule has 1 aromatic heterocycles. The number of hydrogen-bond acceptors (Lipinski definition) is 5. The summed E-state index contributed by atoms with van der Waals surface area (Å²) in [6.07, 6.45) is 1.46. The maximum Gasteiger partial charge on any atom is 0.189 e. The van der Waals surface area contributed by atoms with E-state index >= 15 is 0 Å². The zero-order chi connectivity index (χ0) is 13.8. The Morgan fingerprint density at radius 1 is 1.26 bits per heavy atom. The van der Waals surface area contributed by atoms with Crippen LogP contribution in [0.3, 0.4) is 0 Å². The van der Waals surface area contributed by atoms with Crippen LogP contribution in [-0.2, 0) is 5.75 Å². The smallest absolute Gasteiger partial charge is 0.189 e. The van der Waals surface area contributed by atoms with Crippen molar-refractivity contribution in [1.29, 1.82) is 5.26 Å². The Morgan fingerprint density at radius 2 is 1.95 bits per heavy atom. The molecule has 0 aliphatic carbocycles. The molecule has 0 amide bonds. The van der Waals surface area contributed by atoms with Crippen molar-refractivity contribution < 1.29 is 0 Å². The standard InChI is InChI=1S/C14H14N4S/c1-9-3-10(2)5-11(4-9)8-19-14-17-7-12(6-15)13(16)18-14/h3-5,7H,8H2,1-2H3,(H2,16,17,18). The van der Waals surface area contributed by atoms with Crippen LogP contribution < -0.4 is 5.73 Å². The number of nitrogens with two attached hydrogens (primary N) is 1. The number of aromatic nitrogens is 2. The lowest BCUT2D eigenvalue weighted by atomic mass is 10.1. The molecule has 2 N–H and O–H groups in total. The van der Waals surface area contributed by atoms with Crippen LogP contribution >= 0.6 is 11.8 Å². The minimum atomic E-state index is 0.237. The number of benzene rings is 1. The van der Waals surface area contributed by atoms with Crippen molar-refractivity contribution in [2.24, 2.45) is 0 Å². The number of rotatable bonds is 3. The molecule has 0 fully saturated rings. The molecule has 0 saturated heterocycles. The Morgan fingerprint density at radius 3 is 2.53 bits per heavy atom. The molecule has 0 atom stereocenters. The molecule has 0 bridgehead atoms. The number of aryl methyl sites for hydroxylation is 2. The minimum absolute atomic E-state index is 0.237. The van der Waals surface area contributed by atoms with Crippen molar-refractivity contribution in [3.8, 4) is 6.07 Å². The first-order chi connectivity index (χ1) is 9.08. The van der Waals surface area contributed by atoms with Crippen LogP contribution in [0.5, 0.6) is 0 Å². The molecule has 96 valence electrons. The highest BCUT2D eigenvalue weighted by Gasteiger charge is 2.05. The summed E-state index contributed by atoms with van der Waals surface area (Å²) in [5.74, 6) is 1.02. The minimum Gasteiger partial charge on any atom is -0.382 e. The van der Waals surface area contributed by atoms with Crippen LogP contribution in [0.2, 0.25) is 0 Å². The molecule has 0 radical (unpaired) electrons. The lowest BCUT2D eigenvalue weighted by Crippen LogP contribution is -1.98. The van der Waals surface area contributed by atoms with E-state index in [0.717, 1.165) is 5.75 Å². The van der Waals surface area contributed by atoms with Crippen molar-refractivity contribution in [3.05, 3.63) is 46.6 Å². The van der Waals surface area contributed by atoms with E-state index in [1.54, 1.807) is 0 Å². The van der Waals surface area contributed by atoms with Crippen molar-refractivity contribution in [1.82, 2.24) is 9.97 Å². The normalized spacial score (nSPS) is 10.2. The average molecular weight is 270 g/mol. The molecule has 0 unspecified atom stereocenters. The third-order valence-electron chi connectivity index (χ3n) is 2.57. The second kappa shape index (κ2) is 5.72. The quantitative estimate of drug-likeness (QED) is 0.685. The van der Waals surface area contributed by atoms with Gasteiger partial charge in [-0.2, -0.15) is 5.26 Å². The summed E-state index contributed by atoms with van der Waals surface area (Å²) in [6, 6.07) is 8.39. The number of nitrogens with zero attached hydrogens (tertiary/aromatic N) is 3. The first kappa shape index (κ1) is 13.4. The van der Waals surface area contributed by atoms with E-state index in [1.165, 1.54) is 34.6 Å². The Labute approximate surface area is 116 Å². The molecular formula is C14H14N4S. The highest BCUT2D eigenvalue weighted by Crippen LogP contribution is 2.22. The predicted molar refractivity (Wildman–Crippen MR) is 76.6 cm³/mol. The van der Waals surface area contributed by atoms with Gasteiger partial charge in [-0.15, -0.1) is 0 Å². The Hall–Kier alpha value is -2.06. The predicted octanol–water partition coefficient (Wildman–Crippen LogP) is 2.84. The SMILES string of the molecule is Cc1cc(C)cc(CSc2ncc(C#N)c(N)n2)c1. The van der Waals surface area contributed by atoms with Gasteiger partial charge in [-0.05, 0) is 19.4 Å². The van der Waals surface area contributed by atoms with Crippen LogP contribution in [0, 0.1) is 25.2 Å². The van der Waals surface area contributed by atoms with Crippen LogP contribution in [0.15, 0.2) is 29.6 Å². The van der Waals surface area contributed by atoms with Crippen LogP contribution in [0.1, 0.15) is 22.3 Å². The third kappa shape index (κ3) is 3.46. The number of nitrogen functional groups attached to an aromatic ring is 1. The summed E-state index contributed by atoms with van der Waals surface area (Å²) in [5, 5.41) is 9.35. The molecule has 0 aliphatic rings. The van der Waals surface area contributed by atoms with E-state index in [0.29, 0.717) is 10.7 Å². The Balaban J connectivity index is 2.10. The summed E-state index contributed by atoms with van der Waals surface area (Å²) >= 11 is 1.51. The van der Waals surface area contributed by atoms with Gasteiger partial charge >= 0.3 is 0 Å². The topological polar surface area (TPSA) is 75.6 Å². The van der Waals surface area contributed by atoms with Gasteiger partial charge in [0.1, 0.15) is 17.5 Å². The number of hydrogen-bond donors (Lipinski definition) is 1. The second-order valence-corrected chi connectivity index (χ2v) is 5.29. The molecule has 19 heavy (non-hydrogen) atoms. The fourth-order valence-corrected chi connectivity index (χ4v) is 2.59. The summed E-state index contributed by atoms with van der Waals surface area (Å²) < 4.78 is 0. The van der Waals surface area contributed by atoms with E-state index in [9.17, 15) is 0 Å². The monoisotopic (exact) mass is 270 g/mol. The summed E-state index contributed by atoms with van der Waals surface area (Å²) in [7, 11) is 0. The maximum atomic E-state index is 8.76. The van der Waals surface area contributed by atoms with Gasteiger partial charge in [-0.1, -0.05) is 41.1 Å². The van der Waals surface area contributed by atoms with Gasteiger partial charge in [-0.3, -0.25) is 0 Å². The molecule has 5 heteroatoms. The molecule has 4 nitrogen and oxygen atoms in total. The summed E-state index contributed by atoms with van der Waals surface area (Å²) in [5.41, 5.74) is 9.70. The Kier molecular flexibility index (Phi) is 4.03. The zero-order valence-electron chi connectivity index (χ0n) is 10.8. The number of anilines is 1. The van der Waals surface area contributed by atoms with Gasteiger partial charge in [0.2, 0.25) is 0 Å². The second-order valence-electron chi connectivity index (χ2n) is 4.35. The van der Waals surface area contributed by atoms with Gasteiger partial charge in [-0.25, -0.2) is 9.97 Å². The third-order valence-corrected chi connectivity index (χ3v) is 3.50. The molecule has 0 saturated carbocycles. The molecule has 0 aliphatic heterocycles. The van der Waals surface area contributed by atoms with Crippen LogP contribution in [0.4, 0.5) is 5.82 Å². The van der Waals surface area contributed by atoms with Crippen molar-refractivity contribution in [3.63, 3.8) is 0 Å². The van der Waals surface area contributed by atoms with Crippen molar-refractivity contribution in [2.75, 3.05) is 5.73 Å². The van der Waals surface area contributed by atoms with Crippen LogP contribution in [0.25, 0.3) is 0 Å². The first-order valence-corrected chi connectivity index (χ1v) is 6.79. The molecule has 2 rings (SSSR count). The largest absolute Gasteiger partial charge is 0.382 e. The zero-order valence-corrected chi connectivity index (χ0v) is 11.7. The summed E-state index contributed by atoms with van der Waals surface area (Å²) in [6.45, 7) is 4.16. The van der Waals surface area contributed by atoms with Gasteiger partial charge in [0.25, 0.3) is 0 Å². The fraction of sp³-hybridized carbons (Fsp3) is 0.214. The lowest BCUT2D eigenvalue weighted by Gasteiger charge is -2.05. The molecule has 2 aromatic rings. The first-order valence-electron chi connectivity index (χ1n) is 5.81. The molecule has 0 spiro atoms. The van der Waals surface area contributed by atoms with Gasteiger partial charge in [0, 0.05) is 5.75 Å². The molecule has 1 heterocycles. The van der Waals surface area contributed by atoms with E-state index in [-0.39, 0.29) is 5.82 Å². The van der Waals surface area contributed by atoms with Crippen molar-refractivity contribution >= 4 is 17.6 Å². The van der Waals surface area contributed by atoms with E-state index < -0.39 is 0 Å². The molecular weight excluding hydrogens is 256 g/mol. The van der Waals surface area contributed by atoms with Gasteiger partial charge < -0.3 is 5.73 Å².